The smallest absolute Gasteiger partial charge is 0.327 e. The van der Waals surface area contributed by atoms with Gasteiger partial charge in [0, 0.05) is 0 Å². The minimum Gasteiger partial charge on any atom is -0.500 e. The van der Waals surface area contributed by atoms with Crippen LogP contribution in [0.5, 0.6) is 0 Å². The third-order valence-electron chi connectivity index (χ3n) is 2.63. The van der Waals surface area contributed by atoms with Crippen molar-refractivity contribution in [1.82, 2.24) is 0 Å². The predicted molar refractivity (Wildman–Crippen MR) is 54.9 cm³/mol. The average molecular weight is 212 g/mol. The van der Waals surface area contributed by atoms with Crippen molar-refractivity contribution in [3.05, 3.63) is 23.7 Å². The molecule has 84 valence electrons. The highest BCUT2D eigenvalue weighted by Crippen LogP contribution is 2.40. The summed E-state index contributed by atoms with van der Waals surface area (Å²) in [5.74, 6) is 0.741. The van der Waals surface area contributed by atoms with Gasteiger partial charge in [-0.1, -0.05) is 0 Å². The van der Waals surface area contributed by atoms with Crippen LogP contribution in [0.4, 0.5) is 0 Å². The lowest BCUT2D eigenvalue weighted by Crippen LogP contribution is -2.36. The largest absolute Gasteiger partial charge is 0.500 e. The van der Waals surface area contributed by atoms with Crippen LogP contribution in [-0.2, 0) is 19.0 Å². The van der Waals surface area contributed by atoms with E-state index in [9.17, 15) is 4.79 Å². The number of rotatable bonds is 3. The van der Waals surface area contributed by atoms with Gasteiger partial charge in [-0.05, 0) is 25.5 Å². The fourth-order valence-electron chi connectivity index (χ4n) is 1.78. The summed E-state index contributed by atoms with van der Waals surface area (Å²) in [6, 6.07) is 0. The van der Waals surface area contributed by atoms with Gasteiger partial charge < -0.3 is 14.2 Å². The molecule has 0 fully saturated rings. The first kappa shape index (κ1) is 11.6. The lowest BCUT2D eigenvalue weighted by Gasteiger charge is -2.31. The van der Waals surface area contributed by atoms with Crippen LogP contribution in [0, 0.1) is 5.41 Å². The van der Waals surface area contributed by atoms with Crippen LogP contribution in [0.1, 0.15) is 13.3 Å². The van der Waals surface area contributed by atoms with Crippen molar-refractivity contribution >= 4 is 5.97 Å². The van der Waals surface area contributed by atoms with Crippen LogP contribution in [-0.4, -0.2) is 27.3 Å². The molecular weight excluding hydrogens is 196 g/mol. The number of allylic oxidation sites excluding steroid dienone is 2. The molecule has 4 heteroatoms. The maximum absolute atomic E-state index is 11.8. The molecule has 0 radical (unpaired) electrons. The zero-order valence-electron chi connectivity index (χ0n) is 9.49. The molecule has 0 saturated heterocycles. The van der Waals surface area contributed by atoms with Crippen molar-refractivity contribution in [3.63, 3.8) is 0 Å². The Morgan fingerprint density at radius 2 is 1.67 bits per heavy atom. The zero-order chi connectivity index (χ0) is 11.5. The number of hydrogen-bond acceptors (Lipinski definition) is 4. The summed E-state index contributed by atoms with van der Waals surface area (Å²) in [6.07, 6.45) is 4.39. The summed E-state index contributed by atoms with van der Waals surface area (Å²) in [7, 11) is 4.42. The quantitative estimate of drug-likeness (QED) is 0.667. The Bertz CT molecular complexity index is 295. The molecule has 0 amide bonds. The van der Waals surface area contributed by atoms with Crippen molar-refractivity contribution < 1.29 is 19.0 Å². The van der Waals surface area contributed by atoms with E-state index in [1.807, 2.05) is 12.2 Å². The first-order chi connectivity index (χ1) is 7.11. The molecule has 1 rings (SSSR count). The summed E-state index contributed by atoms with van der Waals surface area (Å²) >= 11 is 0. The molecule has 0 bridgehead atoms. The fraction of sp³-hybridized carbons (Fsp3) is 0.545. The van der Waals surface area contributed by atoms with Crippen LogP contribution in [0.3, 0.4) is 0 Å². The van der Waals surface area contributed by atoms with Crippen LogP contribution in [0.15, 0.2) is 23.7 Å². The second kappa shape index (κ2) is 4.38. The number of carbonyl (C=O) groups excluding carboxylic acids is 1. The Morgan fingerprint density at radius 3 is 2.00 bits per heavy atom. The number of ether oxygens (including phenoxy) is 3. The van der Waals surface area contributed by atoms with Gasteiger partial charge in [-0.25, -0.2) is 0 Å². The summed E-state index contributed by atoms with van der Waals surface area (Å²) in [6.45, 7) is 1.72. The van der Waals surface area contributed by atoms with Gasteiger partial charge in [-0.15, -0.1) is 0 Å². The Morgan fingerprint density at radius 1 is 1.20 bits per heavy atom. The molecule has 0 aromatic rings. The summed E-state index contributed by atoms with van der Waals surface area (Å²) in [5, 5.41) is 0. The highest BCUT2D eigenvalue weighted by molar-refractivity contribution is 5.83. The summed E-state index contributed by atoms with van der Waals surface area (Å²) in [5.41, 5.74) is -0.962. The van der Waals surface area contributed by atoms with E-state index >= 15 is 0 Å². The molecule has 0 aliphatic heterocycles. The molecule has 1 aliphatic rings. The zero-order valence-corrected chi connectivity index (χ0v) is 9.49. The van der Waals surface area contributed by atoms with Crippen molar-refractivity contribution in [3.8, 4) is 0 Å². The maximum atomic E-state index is 11.8. The second-order valence-electron chi connectivity index (χ2n) is 3.40. The van der Waals surface area contributed by atoms with Crippen molar-refractivity contribution in [2.75, 3.05) is 21.3 Å². The molecule has 1 aliphatic carbocycles. The normalized spacial score (nSPS) is 18.7. The number of methoxy groups -OCH3 is 3. The van der Waals surface area contributed by atoms with E-state index in [1.54, 1.807) is 6.92 Å². The molecule has 0 heterocycles. The van der Waals surface area contributed by atoms with Gasteiger partial charge in [0.2, 0.25) is 0 Å². The molecule has 0 atom stereocenters. The highest BCUT2D eigenvalue weighted by Gasteiger charge is 2.46. The Labute approximate surface area is 89.5 Å². The topological polar surface area (TPSA) is 44.8 Å². The SMILES string of the molecule is COC(=O)C1(C)C(OC)=CCC=C1OC. The number of carbonyl (C=O) groups is 1. The Kier molecular flexibility index (Phi) is 3.39. The minimum atomic E-state index is -0.962. The van der Waals surface area contributed by atoms with E-state index < -0.39 is 5.41 Å². The lowest BCUT2D eigenvalue weighted by atomic mass is 9.82. The Hall–Kier alpha value is -1.45. The van der Waals surface area contributed by atoms with Gasteiger partial charge in [0.15, 0.2) is 5.41 Å². The highest BCUT2D eigenvalue weighted by atomic mass is 16.5. The van der Waals surface area contributed by atoms with Gasteiger partial charge in [0.25, 0.3) is 0 Å². The van der Waals surface area contributed by atoms with E-state index in [0.717, 1.165) is 0 Å². The first-order valence-corrected chi connectivity index (χ1v) is 4.69. The van der Waals surface area contributed by atoms with Crippen LogP contribution < -0.4 is 0 Å². The molecule has 0 spiro atoms. The van der Waals surface area contributed by atoms with Gasteiger partial charge in [-0.2, -0.15) is 0 Å². The van der Waals surface area contributed by atoms with Gasteiger partial charge in [-0.3, -0.25) is 4.79 Å². The van der Waals surface area contributed by atoms with Crippen LogP contribution in [0.2, 0.25) is 0 Å². The summed E-state index contributed by atoms with van der Waals surface area (Å²) in [4.78, 5) is 11.8. The van der Waals surface area contributed by atoms with Gasteiger partial charge >= 0.3 is 5.97 Å². The molecule has 0 saturated carbocycles. The van der Waals surface area contributed by atoms with Crippen molar-refractivity contribution in [2.24, 2.45) is 5.41 Å². The van der Waals surface area contributed by atoms with Crippen LogP contribution >= 0.6 is 0 Å². The van der Waals surface area contributed by atoms with E-state index in [-0.39, 0.29) is 5.97 Å². The van der Waals surface area contributed by atoms with E-state index in [0.29, 0.717) is 17.9 Å². The minimum absolute atomic E-state index is 0.386. The monoisotopic (exact) mass is 212 g/mol. The average Bonchev–Trinajstić information content (AvgIpc) is 2.28. The maximum Gasteiger partial charge on any atom is 0.327 e. The first-order valence-electron chi connectivity index (χ1n) is 4.69. The van der Waals surface area contributed by atoms with Crippen molar-refractivity contribution in [2.45, 2.75) is 13.3 Å². The number of hydrogen-bond donors (Lipinski definition) is 0. The predicted octanol–water partition coefficient (Wildman–Crippen LogP) is 1.63. The standard InChI is InChI=1S/C11H16O4/c1-11(10(12)15-4)8(13-2)6-5-7-9(11)14-3/h6-7H,5H2,1-4H3. The summed E-state index contributed by atoms with van der Waals surface area (Å²) < 4.78 is 15.2. The molecule has 15 heavy (non-hydrogen) atoms. The molecule has 0 aromatic heterocycles. The molecule has 0 N–H and O–H groups in total. The lowest BCUT2D eigenvalue weighted by molar-refractivity contribution is -0.151. The van der Waals surface area contributed by atoms with E-state index in [2.05, 4.69) is 0 Å². The van der Waals surface area contributed by atoms with Gasteiger partial charge in [0.1, 0.15) is 11.5 Å². The Balaban J connectivity index is 3.15. The fourth-order valence-corrected chi connectivity index (χ4v) is 1.78. The number of esters is 1. The molecule has 4 nitrogen and oxygen atoms in total. The molecular formula is C11H16O4. The van der Waals surface area contributed by atoms with E-state index in [1.165, 1.54) is 21.3 Å². The third kappa shape index (κ3) is 1.71. The third-order valence-corrected chi connectivity index (χ3v) is 2.63. The molecule has 0 unspecified atom stereocenters. The second-order valence-corrected chi connectivity index (χ2v) is 3.40. The van der Waals surface area contributed by atoms with Gasteiger partial charge in [0.05, 0.1) is 21.3 Å². The van der Waals surface area contributed by atoms with Crippen LogP contribution in [0.25, 0.3) is 0 Å². The van der Waals surface area contributed by atoms with E-state index in [4.69, 9.17) is 14.2 Å². The van der Waals surface area contributed by atoms with Crippen molar-refractivity contribution in [1.29, 1.82) is 0 Å². The molecule has 0 aromatic carbocycles.